The number of hydrogen-bond acceptors (Lipinski definition) is 4. The molecule has 0 aromatic heterocycles. The maximum absolute atomic E-state index is 10.6. The number of thioether (sulfide) groups is 1. The fraction of sp³-hybridized carbons (Fsp3) is 0.222. The van der Waals surface area contributed by atoms with E-state index in [2.05, 4.69) is 0 Å². The highest BCUT2D eigenvalue weighted by molar-refractivity contribution is 8.00. The Hall–Kier alpha value is -1.56. The van der Waals surface area contributed by atoms with E-state index in [9.17, 15) is 14.9 Å². The first-order valence-electron chi connectivity index (χ1n) is 4.10. The molecule has 0 fully saturated rings. The lowest BCUT2D eigenvalue weighted by atomic mass is 10.2. The predicted molar refractivity (Wildman–Crippen MR) is 56.2 cm³/mol. The van der Waals surface area contributed by atoms with Gasteiger partial charge in [0.05, 0.1) is 10.7 Å². The zero-order valence-electron chi connectivity index (χ0n) is 7.97. The Morgan fingerprint density at radius 1 is 1.60 bits per heavy atom. The van der Waals surface area contributed by atoms with Crippen LogP contribution in [-0.2, 0) is 4.79 Å². The summed E-state index contributed by atoms with van der Waals surface area (Å²) in [6.07, 6.45) is 0. The van der Waals surface area contributed by atoms with Crippen molar-refractivity contribution in [3.63, 3.8) is 0 Å². The lowest BCUT2D eigenvalue weighted by molar-refractivity contribution is -0.385. The van der Waals surface area contributed by atoms with Crippen LogP contribution in [0.25, 0.3) is 0 Å². The van der Waals surface area contributed by atoms with Crippen LogP contribution < -0.4 is 0 Å². The van der Waals surface area contributed by atoms with Crippen LogP contribution in [0.15, 0.2) is 23.1 Å². The van der Waals surface area contributed by atoms with Crippen LogP contribution in [-0.4, -0.2) is 21.8 Å². The van der Waals surface area contributed by atoms with Gasteiger partial charge >= 0.3 is 5.97 Å². The van der Waals surface area contributed by atoms with E-state index >= 15 is 0 Å². The summed E-state index contributed by atoms with van der Waals surface area (Å²) in [5, 5.41) is 19.0. The van der Waals surface area contributed by atoms with Crippen molar-refractivity contribution in [3.8, 4) is 0 Å². The Balaban J connectivity index is 2.87. The minimum Gasteiger partial charge on any atom is -0.481 e. The molecule has 1 aromatic carbocycles. The van der Waals surface area contributed by atoms with Gasteiger partial charge in [-0.1, -0.05) is 6.07 Å². The fourth-order valence-electron chi connectivity index (χ4n) is 1.02. The number of nitro groups is 1. The molecule has 0 aliphatic carbocycles. The number of aryl methyl sites for hydroxylation is 1. The molecule has 15 heavy (non-hydrogen) atoms. The van der Waals surface area contributed by atoms with E-state index in [1.54, 1.807) is 19.1 Å². The Morgan fingerprint density at radius 2 is 2.27 bits per heavy atom. The van der Waals surface area contributed by atoms with E-state index in [-0.39, 0.29) is 11.4 Å². The largest absolute Gasteiger partial charge is 0.481 e. The smallest absolute Gasteiger partial charge is 0.313 e. The zero-order valence-corrected chi connectivity index (χ0v) is 8.78. The second kappa shape index (κ2) is 4.79. The Kier molecular flexibility index (Phi) is 3.68. The van der Waals surface area contributed by atoms with Crippen molar-refractivity contribution in [3.05, 3.63) is 33.9 Å². The monoisotopic (exact) mass is 227 g/mol. The second-order valence-corrected chi connectivity index (χ2v) is 3.94. The van der Waals surface area contributed by atoms with Gasteiger partial charge in [-0.05, 0) is 13.0 Å². The number of carboxylic acids is 1. The summed E-state index contributed by atoms with van der Waals surface area (Å²) < 4.78 is 0. The van der Waals surface area contributed by atoms with Crippen molar-refractivity contribution in [2.45, 2.75) is 11.8 Å². The van der Waals surface area contributed by atoms with Crippen LogP contribution in [0.4, 0.5) is 5.69 Å². The van der Waals surface area contributed by atoms with E-state index in [0.29, 0.717) is 10.5 Å². The lowest BCUT2D eigenvalue weighted by Gasteiger charge is -2.00. The highest BCUT2D eigenvalue weighted by Crippen LogP contribution is 2.25. The average Bonchev–Trinajstić information content (AvgIpc) is 2.16. The topological polar surface area (TPSA) is 80.4 Å². The molecule has 0 aliphatic heterocycles. The minimum atomic E-state index is -0.941. The maximum Gasteiger partial charge on any atom is 0.313 e. The number of nitrogens with zero attached hydrogens (tertiary/aromatic N) is 1. The Bertz CT molecular complexity index is 405. The molecular formula is C9H9NO4S. The molecule has 1 N–H and O–H groups in total. The molecule has 1 aromatic rings. The number of hydrogen-bond donors (Lipinski definition) is 1. The van der Waals surface area contributed by atoms with Gasteiger partial charge in [0.15, 0.2) is 0 Å². The van der Waals surface area contributed by atoms with Crippen molar-refractivity contribution in [1.82, 2.24) is 0 Å². The summed E-state index contributed by atoms with van der Waals surface area (Å²) in [6.45, 7) is 1.64. The molecule has 0 heterocycles. The van der Waals surface area contributed by atoms with Gasteiger partial charge in [0.2, 0.25) is 0 Å². The quantitative estimate of drug-likeness (QED) is 0.484. The summed E-state index contributed by atoms with van der Waals surface area (Å²) in [5.74, 6) is -1.04. The molecule has 5 nitrogen and oxygen atoms in total. The second-order valence-electron chi connectivity index (χ2n) is 2.89. The van der Waals surface area contributed by atoms with Gasteiger partial charge in [0.25, 0.3) is 5.69 Å². The maximum atomic E-state index is 10.6. The van der Waals surface area contributed by atoms with Gasteiger partial charge in [0.1, 0.15) is 0 Å². The van der Waals surface area contributed by atoms with Crippen LogP contribution >= 0.6 is 11.8 Å². The van der Waals surface area contributed by atoms with Crippen LogP contribution in [0.1, 0.15) is 5.56 Å². The molecule has 0 amide bonds. The van der Waals surface area contributed by atoms with E-state index in [0.717, 1.165) is 11.8 Å². The number of rotatable bonds is 4. The van der Waals surface area contributed by atoms with Crippen molar-refractivity contribution < 1.29 is 14.8 Å². The first-order chi connectivity index (χ1) is 7.00. The van der Waals surface area contributed by atoms with Crippen LogP contribution in [0.3, 0.4) is 0 Å². The third-order valence-corrected chi connectivity index (χ3v) is 2.72. The van der Waals surface area contributed by atoms with Gasteiger partial charge < -0.3 is 5.11 Å². The first-order valence-corrected chi connectivity index (χ1v) is 5.09. The minimum absolute atomic E-state index is 0.0189. The molecule has 0 radical (unpaired) electrons. The van der Waals surface area contributed by atoms with E-state index < -0.39 is 10.9 Å². The van der Waals surface area contributed by atoms with Gasteiger partial charge in [-0.2, -0.15) is 0 Å². The summed E-state index contributed by atoms with van der Waals surface area (Å²) in [7, 11) is 0. The van der Waals surface area contributed by atoms with Crippen molar-refractivity contribution >= 4 is 23.4 Å². The normalized spacial score (nSPS) is 9.93. The summed E-state index contributed by atoms with van der Waals surface area (Å²) in [5.41, 5.74) is 0.588. The number of nitro benzene ring substituents is 1. The summed E-state index contributed by atoms with van der Waals surface area (Å²) >= 11 is 1.06. The predicted octanol–water partition coefficient (Wildman–Crippen LogP) is 2.08. The molecule has 0 saturated carbocycles. The summed E-state index contributed by atoms with van der Waals surface area (Å²) in [4.78, 5) is 21.0. The molecule has 0 spiro atoms. The van der Waals surface area contributed by atoms with Gasteiger partial charge in [-0.3, -0.25) is 14.9 Å². The van der Waals surface area contributed by atoms with E-state index in [4.69, 9.17) is 5.11 Å². The van der Waals surface area contributed by atoms with E-state index in [1.807, 2.05) is 0 Å². The number of benzene rings is 1. The van der Waals surface area contributed by atoms with Crippen molar-refractivity contribution in [2.75, 3.05) is 5.75 Å². The highest BCUT2D eigenvalue weighted by Gasteiger charge is 2.11. The highest BCUT2D eigenvalue weighted by atomic mass is 32.2. The zero-order chi connectivity index (χ0) is 11.4. The van der Waals surface area contributed by atoms with Crippen LogP contribution in [0.5, 0.6) is 0 Å². The lowest BCUT2D eigenvalue weighted by Crippen LogP contribution is -1.98. The third-order valence-electron chi connectivity index (χ3n) is 1.74. The molecule has 0 aliphatic rings. The molecule has 0 bridgehead atoms. The van der Waals surface area contributed by atoms with Crippen molar-refractivity contribution in [2.24, 2.45) is 0 Å². The average molecular weight is 227 g/mol. The first kappa shape index (κ1) is 11.5. The molecule has 0 unspecified atom stereocenters. The van der Waals surface area contributed by atoms with Gasteiger partial charge in [-0.25, -0.2) is 0 Å². The standard InChI is InChI=1S/C9H9NO4S/c1-6-2-3-7(15-5-9(11)12)4-8(6)10(13)14/h2-4H,5H2,1H3,(H,11,12). The number of carboxylic acid groups (broad SMARTS) is 1. The van der Waals surface area contributed by atoms with Crippen molar-refractivity contribution in [1.29, 1.82) is 0 Å². The SMILES string of the molecule is Cc1ccc(SCC(=O)O)cc1[N+](=O)[O-]. The third kappa shape index (κ3) is 3.25. The molecular weight excluding hydrogens is 218 g/mol. The molecule has 0 saturated heterocycles. The van der Waals surface area contributed by atoms with Crippen LogP contribution in [0.2, 0.25) is 0 Å². The molecule has 6 heteroatoms. The summed E-state index contributed by atoms with van der Waals surface area (Å²) in [6, 6.07) is 4.68. The van der Waals surface area contributed by atoms with Crippen LogP contribution in [0, 0.1) is 17.0 Å². The van der Waals surface area contributed by atoms with Gasteiger partial charge in [0, 0.05) is 16.5 Å². The van der Waals surface area contributed by atoms with E-state index in [1.165, 1.54) is 6.07 Å². The number of aliphatic carboxylic acids is 1. The molecule has 0 atom stereocenters. The molecule has 1 rings (SSSR count). The Labute approximate surface area is 90.3 Å². The Morgan fingerprint density at radius 3 is 2.80 bits per heavy atom. The fourth-order valence-corrected chi connectivity index (χ4v) is 1.67. The number of carbonyl (C=O) groups is 1. The molecule has 80 valence electrons. The van der Waals surface area contributed by atoms with Gasteiger partial charge in [-0.15, -0.1) is 11.8 Å².